The summed E-state index contributed by atoms with van der Waals surface area (Å²) < 4.78 is 0. The molecule has 2 N–H and O–H groups in total. The van der Waals surface area contributed by atoms with Gasteiger partial charge in [-0.05, 0) is 49.7 Å². The zero-order valence-corrected chi connectivity index (χ0v) is 14.0. The molecule has 0 fully saturated rings. The summed E-state index contributed by atoms with van der Waals surface area (Å²) in [6, 6.07) is 6.37. The number of hydrogen-bond donors (Lipinski definition) is 2. The zero-order valence-electron chi connectivity index (χ0n) is 14.0. The number of H-pyrrole nitrogens is 1. The van der Waals surface area contributed by atoms with E-state index in [2.05, 4.69) is 43.6 Å². The topological polar surface area (TPSA) is 53.1 Å². The Hall–Kier alpha value is -2.03. The van der Waals surface area contributed by atoms with Gasteiger partial charge in [-0.1, -0.05) is 31.2 Å². The second-order valence-electron chi connectivity index (χ2n) is 6.88. The summed E-state index contributed by atoms with van der Waals surface area (Å²) in [6.45, 7) is 8.13. The maximum Gasteiger partial charge on any atom is 0.304 e. The van der Waals surface area contributed by atoms with Crippen LogP contribution < -0.4 is 0 Å². The highest BCUT2D eigenvalue weighted by Gasteiger charge is 2.42. The smallest absolute Gasteiger partial charge is 0.304 e. The molecule has 23 heavy (non-hydrogen) atoms. The molecule has 0 aliphatic heterocycles. The number of para-hydroxylation sites is 1. The van der Waals surface area contributed by atoms with Crippen molar-refractivity contribution in [3.05, 3.63) is 47.7 Å². The predicted molar refractivity (Wildman–Crippen MR) is 94.0 cm³/mol. The number of carboxylic acid groups (broad SMARTS) is 1. The Morgan fingerprint density at radius 3 is 2.96 bits per heavy atom. The Labute approximate surface area is 137 Å². The van der Waals surface area contributed by atoms with Crippen molar-refractivity contribution in [3.8, 4) is 0 Å². The number of aromatic nitrogens is 1. The lowest BCUT2D eigenvalue weighted by Gasteiger charge is -2.38. The monoisotopic (exact) mass is 311 g/mol. The summed E-state index contributed by atoms with van der Waals surface area (Å²) in [5.41, 5.74) is 4.60. The van der Waals surface area contributed by atoms with Crippen molar-refractivity contribution in [2.24, 2.45) is 0 Å². The molecule has 0 saturated heterocycles. The minimum atomic E-state index is -0.713. The van der Waals surface area contributed by atoms with E-state index >= 15 is 0 Å². The molecule has 0 bridgehead atoms. The summed E-state index contributed by atoms with van der Waals surface area (Å²) in [6.07, 6.45) is 5.93. The summed E-state index contributed by atoms with van der Waals surface area (Å²) >= 11 is 0. The van der Waals surface area contributed by atoms with Crippen LogP contribution in [0.25, 0.3) is 10.9 Å². The van der Waals surface area contributed by atoms with E-state index in [1.54, 1.807) is 0 Å². The first-order valence-electron chi connectivity index (χ1n) is 8.46. The predicted octanol–water partition coefficient (Wildman–Crippen LogP) is 5.05. The molecule has 3 rings (SSSR count). The highest BCUT2D eigenvalue weighted by Crippen LogP contribution is 2.50. The lowest BCUT2D eigenvalue weighted by Crippen LogP contribution is -2.34. The summed E-state index contributed by atoms with van der Waals surface area (Å²) in [5.74, 6) is -0.276. The Bertz CT molecular complexity index is 758. The molecule has 0 saturated carbocycles. The molecule has 1 aliphatic carbocycles. The third kappa shape index (κ3) is 2.48. The van der Waals surface area contributed by atoms with Crippen LogP contribution in [-0.2, 0) is 10.2 Å². The highest BCUT2D eigenvalue weighted by atomic mass is 16.4. The number of aliphatic carboxylic acids is 1. The van der Waals surface area contributed by atoms with E-state index in [1.807, 2.05) is 6.08 Å². The number of fused-ring (bicyclic) bond motifs is 3. The van der Waals surface area contributed by atoms with Crippen molar-refractivity contribution in [2.75, 3.05) is 0 Å². The molecular formula is C20H25NO2. The van der Waals surface area contributed by atoms with Gasteiger partial charge in [-0.15, -0.1) is 6.58 Å². The van der Waals surface area contributed by atoms with Crippen LogP contribution in [0, 0.1) is 6.92 Å². The van der Waals surface area contributed by atoms with Gasteiger partial charge in [-0.25, -0.2) is 0 Å². The van der Waals surface area contributed by atoms with Crippen molar-refractivity contribution < 1.29 is 9.90 Å². The first kappa shape index (κ1) is 15.9. The first-order valence-corrected chi connectivity index (χ1v) is 8.46. The second kappa shape index (κ2) is 5.88. The Balaban J connectivity index is 2.27. The van der Waals surface area contributed by atoms with E-state index in [0.717, 1.165) is 36.9 Å². The number of rotatable bonds is 5. The van der Waals surface area contributed by atoms with Crippen LogP contribution in [-0.4, -0.2) is 16.1 Å². The second-order valence-corrected chi connectivity index (χ2v) is 6.88. The summed E-state index contributed by atoms with van der Waals surface area (Å²) in [7, 11) is 0. The van der Waals surface area contributed by atoms with E-state index in [-0.39, 0.29) is 11.8 Å². The molecule has 3 heteroatoms. The molecule has 1 heterocycles. The fourth-order valence-electron chi connectivity index (χ4n) is 4.33. The first-order chi connectivity index (χ1) is 11.0. The number of allylic oxidation sites excluding steroid dienone is 1. The van der Waals surface area contributed by atoms with Gasteiger partial charge in [0.25, 0.3) is 0 Å². The third-order valence-corrected chi connectivity index (χ3v) is 5.61. The Morgan fingerprint density at radius 1 is 1.52 bits per heavy atom. The van der Waals surface area contributed by atoms with Gasteiger partial charge in [0.05, 0.1) is 6.42 Å². The fraction of sp³-hybridized carbons (Fsp3) is 0.450. The molecule has 1 aliphatic rings. The van der Waals surface area contributed by atoms with Crippen LogP contribution in [0.15, 0.2) is 30.9 Å². The Kier molecular flexibility index (Phi) is 4.05. The molecule has 2 atom stereocenters. The number of nitrogens with one attached hydrogen (secondary N) is 1. The lowest BCUT2D eigenvalue weighted by atomic mass is 9.65. The van der Waals surface area contributed by atoms with Crippen molar-refractivity contribution in [3.63, 3.8) is 0 Å². The van der Waals surface area contributed by atoms with Crippen LogP contribution in [0.4, 0.5) is 0 Å². The van der Waals surface area contributed by atoms with Crippen LogP contribution in [0.2, 0.25) is 0 Å². The molecule has 0 spiro atoms. The normalized spacial score (nSPS) is 23.7. The quantitative estimate of drug-likeness (QED) is 0.759. The van der Waals surface area contributed by atoms with Gasteiger partial charge in [0, 0.05) is 22.0 Å². The zero-order chi connectivity index (χ0) is 16.6. The average Bonchev–Trinajstić information content (AvgIpc) is 2.92. The molecule has 1 aromatic carbocycles. The number of aromatic amines is 1. The molecule has 1 unspecified atom stereocenters. The van der Waals surface area contributed by atoms with E-state index < -0.39 is 5.97 Å². The third-order valence-electron chi connectivity index (χ3n) is 5.61. The average molecular weight is 311 g/mol. The maximum atomic E-state index is 11.5. The van der Waals surface area contributed by atoms with Crippen LogP contribution in [0.1, 0.15) is 61.8 Å². The van der Waals surface area contributed by atoms with Gasteiger partial charge in [-0.3, -0.25) is 4.79 Å². The summed E-state index contributed by atoms with van der Waals surface area (Å²) in [4.78, 5) is 15.1. The summed E-state index contributed by atoms with van der Waals surface area (Å²) in [5, 5.41) is 10.7. The van der Waals surface area contributed by atoms with Crippen molar-refractivity contribution in [1.82, 2.24) is 4.98 Å². The highest BCUT2D eigenvalue weighted by molar-refractivity contribution is 5.89. The van der Waals surface area contributed by atoms with Gasteiger partial charge >= 0.3 is 5.97 Å². The minimum absolute atomic E-state index is 0.198. The van der Waals surface area contributed by atoms with E-state index in [4.69, 9.17) is 0 Å². The lowest BCUT2D eigenvalue weighted by molar-refractivity contribution is -0.138. The van der Waals surface area contributed by atoms with Crippen molar-refractivity contribution in [1.29, 1.82) is 0 Å². The fourth-order valence-corrected chi connectivity index (χ4v) is 4.33. The SMILES string of the molecule is C=CC[C@H]1CCC(CC)(CC(=O)O)c2[nH]c3c(C)cccc3c21. The van der Waals surface area contributed by atoms with Crippen LogP contribution >= 0.6 is 0 Å². The van der Waals surface area contributed by atoms with Crippen LogP contribution in [0.5, 0.6) is 0 Å². The van der Waals surface area contributed by atoms with Gasteiger partial charge in [-0.2, -0.15) is 0 Å². The molecule has 122 valence electrons. The largest absolute Gasteiger partial charge is 0.481 e. The molecule has 3 nitrogen and oxygen atoms in total. The molecule has 1 aromatic heterocycles. The number of aryl methyl sites for hydroxylation is 1. The van der Waals surface area contributed by atoms with Gasteiger partial charge in [0.1, 0.15) is 0 Å². The van der Waals surface area contributed by atoms with Crippen molar-refractivity contribution >= 4 is 16.9 Å². The van der Waals surface area contributed by atoms with Crippen molar-refractivity contribution in [2.45, 2.75) is 57.3 Å². The van der Waals surface area contributed by atoms with Gasteiger partial charge in [0.2, 0.25) is 0 Å². The van der Waals surface area contributed by atoms with Gasteiger partial charge < -0.3 is 10.1 Å². The number of carbonyl (C=O) groups is 1. The number of carboxylic acids is 1. The Morgan fingerprint density at radius 2 is 2.30 bits per heavy atom. The van der Waals surface area contributed by atoms with Gasteiger partial charge in [0.15, 0.2) is 0 Å². The van der Waals surface area contributed by atoms with E-state index in [1.165, 1.54) is 16.5 Å². The van der Waals surface area contributed by atoms with E-state index in [0.29, 0.717) is 5.92 Å². The minimum Gasteiger partial charge on any atom is -0.481 e. The molecule has 0 radical (unpaired) electrons. The number of hydrogen-bond acceptors (Lipinski definition) is 1. The molecule has 0 amide bonds. The number of benzene rings is 1. The molecular weight excluding hydrogens is 286 g/mol. The van der Waals surface area contributed by atoms with Crippen LogP contribution in [0.3, 0.4) is 0 Å². The standard InChI is InChI=1S/C20H25NO2/c1-4-7-14-10-11-20(5-2,12-16(22)23)19-17(14)15-9-6-8-13(3)18(15)21-19/h4,6,8-9,14,21H,1,5,7,10-12H2,2-3H3,(H,22,23)/t14-,20?/m0/s1. The van der Waals surface area contributed by atoms with E-state index in [9.17, 15) is 9.90 Å². The maximum absolute atomic E-state index is 11.5. The molecule has 2 aromatic rings.